The molecule has 8 nitrogen and oxygen atoms in total. The Morgan fingerprint density at radius 1 is 1.13 bits per heavy atom. The monoisotopic (exact) mass is 416 g/mol. The lowest BCUT2D eigenvalue weighted by atomic mass is 9.78. The van der Waals surface area contributed by atoms with Crippen LogP contribution in [-0.2, 0) is 14.4 Å². The molecule has 1 aliphatic rings. The van der Waals surface area contributed by atoms with E-state index in [0.717, 1.165) is 18.4 Å². The molecule has 164 valence electrons. The van der Waals surface area contributed by atoms with Gasteiger partial charge in [0.1, 0.15) is 5.54 Å². The summed E-state index contributed by atoms with van der Waals surface area (Å²) < 4.78 is 0. The van der Waals surface area contributed by atoms with E-state index < -0.39 is 17.4 Å². The van der Waals surface area contributed by atoms with Crippen LogP contribution in [0.5, 0.6) is 0 Å². The number of nitrogens with one attached hydrogen (secondary N) is 2. The molecule has 1 aromatic carbocycles. The highest BCUT2D eigenvalue weighted by molar-refractivity contribution is 6.03. The molecule has 1 saturated carbocycles. The normalized spacial score (nSPS) is 20.9. The first kappa shape index (κ1) is 23.4. The molecular weight excluding hydrogens is 384 g/mol. The van der Waals surface area contributed by atoms with E-state index in [1.807, 2.05) is 24.3 Å². The van der Waals surface area contributed by atoms with E-state index >= 15 is 0 Å². The first-order chi connectivity index (χ1) is 14.0. The molecule has 0 aliphatic heterocycles. The minimum absolute atomic E-state index is 0.0803. The van der Waals surface area contributed by atoms with Crippen molar-refractivity contribution in [3.05, 3.63) is 41.6 Å². The topological polar surface area (TPSA) is 148 Å². The van der Waals surface area contributed by atoms with Crippen LogP contribution in [-0.4, -0.2) is 34.5 Å². The number of anilines is 1. The summed E-state index contributed by atoms with van der Waals surface area (Å²) in [5.41, 5.74) is 11.9. The lowest BCUT2D eigenvalue weighted by Gasteiger charge is -2.30. The Bertz CT molecular complexity index is 807. The van der Waals surface area contributed by atoms with E-state index in [1.165, 1.54) is 19.9 Å². The quantitative estimate of drug-likeness (QED) is 0.430. The summed E-state index contributed by atoms with van der Waals surface area (Å²) in [5, 5.41) is 14.5. The number of nitrogens with two attached hydrogens (primary N) is 2. The molecule has 2 rings (SSSR count). The molecule has 1 aliphatic carbocycles. The van der Waals surface area contributed by atoms with Gasteiger partial charge in [-0.15, -0.1) is 0 Å². The van der Waals surface area contributed by atoms with Crippen LogP contribution in [0.4, 0.5) is 5.69 Å². The van der Waals surface area contributed by atoms with Crippen LogP contribution in [0.1, 0.15) is 57.9 Å². The number of carboxylic acids is 1. The fourth-order valence-electron chi connectivity index (χ4n) is 3.55. The number of amides is 2. The van der Waals surface area contributed by atoms with Gasteiger partial charge in [0.15, 0.2) is 0 Å². The van der Waals surface area contributed by atoms with Crippen molar-refractivity contribution in [3.63, 3.8) is 0 Å². The number of aliphatic carboxylic acids is 1. The number of carbonyl (C=O) groups is 3. The van der Waals surface area contributed by atoms with Crippen molar-refractivity contribution < 1.29 is 19.5 Å². The van der Waals surface area contributed by atoms with Crippen LogP contribution in [0.2, 0.25) is 0 Å². The SMILES string of the molecule is CC(N)/C=C(\N)C(=O)Nc1ccc(C2CCC(C(=O)NC(C)(C)C(=O)O)CC2)cc1. The molecule has 0 saturated heterocycles. The van der Waals surface area contributed by atoms with Gasteiger partial charge < -0.3 is 27.2 Å². The lowest BCUT2D eigenvalue weighted by molar-refractivity contribution is -0.146. The molecule has 0 aromatic heterocycles. The number of benzene rings is 1. The van der Waals surface area contributed by atoms with E-state index in [1.54, 1.807) is 6.92 Å². The molecule has 0 heterocycles. The van der Waals surface area contributed by atoms with Gasteiger partial charge >= 0.3 is 5.97 Å². The third-order valence-corrected chi connectivity index (χ3v) is 5.41. The maximum Gasteiger partial charge on any atom is 0.328 e. The number of carbonyl (C=O) groups excluding carboxylic acids is 2. The van der Waals surface area contributed by atoms with Gasteiger partial charge in [0.2, 0.25) is 5.91 Å². The summed E-state index contributed by atoms with van der Waals surface area (Å²) in [7, 11) is 0. The van der Waals surface area contributed by atoms with Crippen molar-refractivity contribution in [1.82, 2.24) is 5.32 Å². The number of rotatable bonds is 7. The van der Waals surface area contributed by atoms with Crippen LogP contribution < -0.4 is 22.1 Å². The molecule has 1 fully saturated rings. The van der Waals surface area contributed by atoms with Crippen molar-refractivity contribution in [3.8, 4) is 0 Å². The molecule has 1 atom stereocenters. The molecule has 1 unspecified atom stereocenters. The second kappa shape index (κ2) is 9.75. The molecular formula is C22H32N4O4. The Morgan fingerprint density at radius 2 is 1.70 bits per heavy atom. The second-order valence-corrected chi connectivity index (χ2v) is 8.53. The largest absolute Gasteiger partial charge is 0.480 e. The maximum atomic E-state index is 12.4. The molecule has 30 heavy (non-hydrogen) atoms. The van der Waals surface area contributed by atoms with Crippen molar-refractivity contribution in [2.75, 3.05) is 5.32 Å². The van der Waals surface area contributed by atoms with Crippen LogP contribution in [0, 0.1) is 5.92 Å². The Kier molecular flexibility index (Phi) is 7.61. The fourth-order valence-corrected chi connectivity index (χ4v) is 3.55. The van der Waals surface area contributed by atoms with Crippen LogP contribution >= 0.6 is 0 Å². The maximum absolute atomic E-state index is 12.4. The first-order valence-electron chi connectivity index (χ1n) is 10.2. The summed E-state index contributed by atoms with van der Waals surface area (Å²) in [6, 6.07) is 7.31. The summed E-state index contributed by atoms with van der Waals surface area (Å²) in [6.45, 7) is 4.71. The molecule has 1 aromatic rings. The average Bonchev–Trinajstić information content (AvgIpc) is 2.67. The standard InChI is InChI=1S/C22H32N4O4/c1-13(23)12-18(24)20(28)25-17-10-8-15(9-11-17)14-4-6-16(7-5-14)19(27)26-22(2,3)21(29)30/h8-14,16H,4-7,23-24H2,1-3H3,(H,25,28)(H,26,27)(H,29,30)/b18-12-. The highest BCUT2D eigenvalue weighted by Gasteiger charge is 2.33. The van der Waals surface area contributed by atoms with E-state index in [4.69, 9.17) is 16.6 Å². The summed E-state index contributed by atoms with van der Waals surface area (Å²) in [6.07, 6.45) is 4.62. The molecule has 0 radical (unpaired) electrons. The molecule has 0 bridgehead atoms. The fraction of sp³-hybridized carbons (Fsp3) is 0.500. The Hall–Kier alpha value is -2.87. The van der Waals surface area contributed by atoms with Gasteiger partial charge in [-0.05, 0) is 76.1 Å². The Morgan fingerprint density at radius 3 is 2.20 bits per heavy atom. The predicted molar refractivity (Wildman–Crippen MR) is 116 cm³/mol. The van der Waals surface area contributed by atoms with E-state index in [2.05, 4.69) is 10.6 Å². The van der Waals surface area contributed by atoms with E-state index in [9.17, 15) is 14.4 Å². The lowest BCUT2D eigenvalue weighted by Crippen LogP contribution is -2.51. The first-order valence-corrected chi connectivity index (χ1v) is 10.2. The number of hydrogen-bond acceptors (Lipinski definition) is 5. The molecule has 8 heteroatoms. The van der Waals surface area contributed by atoms with Crippen molar-refractivity contribution in [1.29, 1.82) is 0 Å². The van der Waals surface area contributed by atoms with Crippen molar-refractivity contribution >= 4 is 23.5 Å². The average molecular weight is 417 g/mol. The van der Waals surface area contributed by atoms with Crippen molar-refractivity contribution in [2.45, 2.75) is 64.0 Å². The summed E-state index contributed by atoms with van der Waals surface area (Å²) >= 11 is 0. The van der Waals surface area contributed by atoms with Gasteiger partial charge in [-0.25, -0.2) is 4.79 Å². The van der Waals surface area contributed by atoms with Gasteiger partial charge in [0, 0.05) is 17.6 Å². The van der Waals surface area contributed by atoms with E-state index in [-0.39, 0.29) is 23.6 Å². The zero-order valence-electron chi connectivity index (χ0n) is 17.8. The van der Waals surface area contributed by atoms with Crippen LogP contribution in [0.25, 0.3) is 0 Å². The van der Waals surface area contributed by atoms with Gasteiger partial charge in [-0.1, -0.05) is 12.1 Å². The molecule has 2 amide bonds. The van der Waals surface area contributed by atoms with Crippen LogP contribution in [0.15, 0.2) is 36.0 Å². The highest BCUT2D eigenvalue weighted by atomic mass is 16.4. The zero-order valence-corrected chi connectivity index (χ0v) is 17.8. The van der Waals surface area contributed by atoms with Crippen molar-refractivity contribution in [2.24, 2.45) is 17.4 Å². The second-order valence-electron chi connectivity index (χ2n) is 8.53. The van der Waals surface area contributed by atoms with Gasteiger partial charge in [-0.2, -0.15) is 0 Å². The van der Waals surface area contributed by atoms with Gasteiger partial charge in [0.05, 0.1) is 5.70 Å². The van der Waals surface area contributed by atoms with Crippen LogP contribution in [0.3, 0.4) is 0 Å². The third-order valence-electron chi connectivity index (χ3n) is 5.41. The van der Waals surface area contributed by atoms with Gasteiger partial charge in [0.25, 0.3) is 5.91 Å². The predicted octanol–water partition coefficient (Wildman–Crippen LogP) is 2.07. The minimum Gasteiger partial charge on any atom is -0.480 e. The summed E-state index contributed by atoms with van der Waals surface area (Å²) in [4.78, 5) is 35.6. The highest BCUT2D eigenvalue weighted by Crippen LogP contribution is 2.36. The molecule has 0 spiro atoms. The summed E-state index contributed by atoms with van der Waals surface area (Å²) in [5.74, 6) is -1.48. The number of hydrogen-bond donors (Lipinski definition) is 5. The Balaban J connectivity index is 1.90. The third kappa shape index (κ3) is 6.32. The Labute approximate surface area is 177 Å². The molecule has 7 N–H and O–H groups in total. The minimum atomic E-state index is -1.27. The van der Waals surface area contributed by atoms with Gasteiger partial charge in [-0.3, -0.25) is 9.59 Å². The number of carboxylic acid groups (broad SMARTS) is 1. The smallest absolute Gasteiger partial charge is 0.328 e. The van der Waals surface area contributed by atoms with E-state index in [0.29, 0.717) is 24.4 Å². The zero-order chi connectivity index (χ0) is 22.5.